The van der Waals surface area contributed by atoms with Crippen LogP contribution in [-0.4, -0.2) is 37.4 Å². The second-order valence-electron chi connectivity index (χ2n) is 6.88. The van der Waals surface area contributed by atoms with E-state index in [1.54, 1.807) is 14.1 Å². The third-order valence-electron chi connectivity index (χ3n) is 4.78. The van der Waals surface area contributed by atoms with Gasteiger partial charge < -0.3 is 22.9 Å². The van der Waals surface area contributed by atoms with Crippen molar-refractivity contribution in [1.82, 2.24) is 0 Å². The van der Waals surface area contributed by atoms with Gasteiger partial charge in [-0.1, -0.05) is 24.3 Å². The molecule has 8 nitrogen and oxygen atoms in total. The first kappa shape index (κ1) is 25.1. The first-order valence-corrected chi connectivity index (χ1v) is 9.85. The summed E-state index contributed by atoms with van der Waals surface area (Å²) in [5.74, 6) is 1.72. The summed E-state index contributed by atoms with van der Waals surface area (Å²) >= 11 is 0. The fraction of sp³-hybridized carbons (Fsp3) is 0.0833. The summed E-state index contributed by atoms with van der Waals surface area (Å²) in [5.41, 5.74) is 28.6. The molecule has 0 saturated carbocycles. The largest absolute Gasteiger partial charge is 0.384 e. The summed E-state index contributed by atoms with van der Waals surface area (Å²) in [5, 5.41) is 0. The molecule has 0 heterocycles. The Hall–Kier alpha value is -4.17. The van der Waals surface area contributed by atoms with Gasteiger partial charge in [0.15, 0.2) is 0 Å². The van der Waals surface area contributed by atoms with Gasteiger partial charge in [-0.2, -0.15) is 0 Å². The lowest BCUT2D eigenvalue weighted by Crippen LogP contribution is -2.15. The predicted octanol–water partition coefficient (Wildman–Crippen LogP) is 2.85. The van der Waals surface area contributed by atoms with Crippen LogP contribution >= 0.6 is 12.4 Å². The van der Waals surface area contributed by atoms with Gasteiger partial charge in [0.2, 0.25) is 0 Å². The molecule has 170 valence electrons. The van der Waals surface area contributed by atoms with E-state index in [0.29, 0.717) is 23.3 Å². The SMILES string of the molecule is CN=C(N)c1ccc(N=C(N)c2ccc(C(N)=Nc3ccc(C(N)=NC)cc3)cc2)cc1.Cl. The average molecular weight is 463 g/mol. The van der Waals surface area contributed by atoms with Gasteiger partial charge in [0, 0.05) is 36.3 Å². The molecular formula is C24H27ClN8. The minimum atomic E-state index is 0. The highest BCUT2D eigenvalue weighted by Gasteiger charge is 2.04. The van der Waals surface area contributed by atoms with Crippen LogP contribution in [0.5, 0.6) is 0 Å². The Morgan fingerprint density at radius 3 is 0.970 bits per heavy atom. The van der Waals surface area contributed by atoms with Crippen LogP contribution in [0.1, 0.15) is 22.3 Å². The molecular weight excluding hydrogens is 436 g/mol. The van der Waals surface area contributed by atoms with Gasteiger partial charge in [-0.15, -0.1) is 12.4 Å². The molecule has 0 saturated heterocycles. The fourth-order valence-corrected chi connectivity index (χ4v) is 2.89. The van der Waals surface area contributed by atoms with Crippen molar-refractivity contribution in [3.05, 3.63) is 95.1 Å². The monoisotopic (exact) mass is 462 g/mol. The number of halogens is 1. The number of benzene rings is 3. The maximum Gasteiger partial charge on any atom is 0.131 e. The molecule has 8 N–H and O–H groups in total. The van der Waals surface area contributed by atoms with Gasteiger partial charge in [-0.3, -0.25) is 9.98 Å². The third kappa shape index (κ3) is 6.41. The highest BCUT2D eigenvalue weighted by Crippen LogP contribution is 2.16. The molecule has 3 aromatic rings. The smallest absolute Gasteiger partial charge is 0.131 e. The molecule has 33 heavy (non-hydrogen) atoms. The Morgan fingerprint density at radius 2 is 0.697 bits per heavy atom. The molecule has 0 spiro atoms. The Bertz CT molecular complexity index is 1100. The van der Waals surface area contributed by atoms with Crippen molar-refractivity contribution < 1.29 is 0 Å². The van der Waals surface area contributed by atoms with Crippen LogP contribution in [0.25, 0.3) is 0 Å². The second-order valence-corrected chi connectivity index (χ2v) is 6.88. The summed E-state index contributed by atoms with van der Waals surface area (Å²) in [7, 11) is 3.30. The number of hydrogen-bond acceptors (Lipinski definition) is 4. The number of rotatable bonds is 6. The molecule has 0 amide bonds. The van der Waals surface area contributed by atoms with E-state index in [1.165, 1.54) is 0 Å². The van der Waals surface area contributed by atoms with Crippen LogP contribution in [0.2, 0.25) is 0 Å². The van der Waals surface area contributed by atoms with Crippen molar-refractivity contribution in [1.29, 1.82) is 0 Å². The Balaban J connectivity index is 0.00000385. The summed E-state index contributed by atoms with van der Waals surface area (Å²) in [6.07, 6.45) is 0. The zero-order valence-corrected chi connectivity index (χ0v) is 19.3. The summed E-state index contributed by atoms with van der Waals surface area (Å²) in [4.78, 5) is 16.8. The molecule has 0 aliphatic rings. The zero-order chi connectivity index (χ0) is 23.1. The number of hydrogen-bond donors (Lipinski definition) is 4. The minimum Gasteiger partial charge on any atom is -0.384 e. The van der Waals surface area contributed by atoms with Crippen molar-refractivity contribution in [3.8, 4) is 0 Å². The van der Waals surface area contributed by atoms with E-state index >= 15 is 0 Å². The minimum absolute atomic E-state index is 0. The Labute approximate surface area is 199 Å². The van der Waals surface area contributed by atoms with Gasteiger partial charge in [0.25, 0.3) is 0 Å². The van der Waals surface area contributed by atoms with Crippen LogP contribution in [0.4, 0.5) is 11.4 Å². The standard InChI is InChI=1S/C24H26N8.ClH/c1-29-21(25)15-7-11-19(12-8-15)31-23(27)17-3-5-18(6-4-17)24(28)32-20-13-9-16(10-14-20)22(26)30-2;/h3-14H,1-2H3,(H2,25,29)(H2,26,30)(H2,27,31)(H2,28,32);1H. The van der Waals surface area contributed by atoms with Crippen LogP contribution in [0.3, 0.4) is 0 Å². The van der Waals surface area contributed by atoms with Crippen molar-refractivity contribution >= 4 is 47.1 Å². The van der Waals surface area contributed by atoms with Gasteiger partial charge in [0.1, 0.15) is 23.3 Å². The molecule has 0 atom stereocenters. The van der Waals surface area contributed by atoms with Crippen molar-refractivity contribution in [3.63, 3.8) is 0 Å². The van der Waals surface area contributed by atoms with E-state index in [1.807, 2.05) is 72.8 Å². The van der Waals surface area contributed by atoms with E-state index < -0.39 is 0 Å². The van der Waals surface area contributed by atoms with E-state index in [0.717, 1.165) is 33.6 Å². The average Bonchev–Trinajstić information content (AvgIpc) is 2.84. The lowest BCUT2D eigenvalue weighted by molar-refractivity contribution is 1.38. The van der Waals surface area contributed by atoms with E-state index in [4.69, 9.17) is 22.9 Å². The molecule has 0 aromatic heterocycles. The van der Waals surface area contributed by atoms with E-state index in [2.05, 4.69) is 20.0 Å². The maximum atomic E-state index is 6.17. The van der Waals surface area contributed by atoms with E-state index in [9.17, 15) is 0 Å². The fourth-order valence-electron chi connectivity index (χ4n) is 2.89. The highest BCUT2D eigenvalue weighted by molar-refractivity contribution is 6.03. The van der Waals surface area contributed by atoms with Crippen molar-refractivity contribution in [2.45, 2.75) is 0 Å². The van der Waals surface area contributed by atoms with Crippen LogP contribution in [0.15, 0.2) is 92.8 Å². The first-order valence-electron chi connectivity index (χ1n) is 9.85. The normalized spacial score (nSPS) is 12.9. The molecule has 0 fully saturated rings. The third-order valence-corrected chi connectivity index (χ3v) is 4.78. The Kier molecular flexibility index (Phi) is 8.71. The molecule has 0 aliphatic heterocycles. The van der Waals surface area contributed by atoms with Gasteiger partial charge in [0.05, 0.1) is 11.4 Å². The topological polar surface area (TPSA) is 154 Å². The molecule has 3 rings (SSSR count). The quantitative estimate of drug-likeness (QED) is 0.328. The molecule has 0 radical (unpaired) electrons. The van der Waals surface area contributed by atoms with Crippen molar-refractivity contribution in [2.75, 3.05) is 14.1 Å². The summed E-state index contributed by atoms with van der Waals surface area (Å²) in [6, 6.07) is 22.2. The second kappa shape index (κ2) is 11.4. The number of aliphatic imine (C=N–C) groups is 4. The molecule has 3 aromatic carbocycles. The molecule has 0 aliphatic carbocycles. The van der Waals surface area contributed by atoms with Gasteiger partial charge >= 0.3 is 0 Å². The number of nitrogens with zero attached hydrogens (tertiary/aromatic N) is 4. The predicted molar refractivity (Wildman–Crippen MR) is 141 cm³/mol. The lowest BCUT2D eigenvalue weighted by Gasteiger charge is -2.06. The van der Waals surface area contributed by atoms with Gasteiger partial charge in [-0.25, -0.2) is 9.98 Å². The van der Waals surface area contributed by atoms with E-state index in [-0.39, 0.29) is 12.4 Å². The van der Waals surface area contributed by atoms with Crippen molar-refractivity contribution in [2.24, 2.45) is 42.9 Å². The summed E-state index contributed by atoms with van der Waals surface area (Å²) in [6.45, 7) is 0. The maximum absolute atomic E-state index is 6.17. The van der Waals surface area contributed by atoms with Crippen LogP contribution in [0, 0.1) is 0 Å². The number of amidine groups is 4. The van der Waals surface area contributed by atoms with Gasteiger partial charge in [-0.05, 0) is 48.5 Å². The van der Waals surface area contributed by atoms with Crippen LogP contribution in [-0.2, 0) is 0 Å². The first-order chi connectivity index (χ1) is 15.4. The Morgan fingerprint density at radius 1 is 0.455 bits per heavy atom. The highest BCUT2D eigenvalue weighted by atomic mass is 35.5. The molecule has 0 bridgehead atoms. The molecule has 9 heteroatoms. The number of nitrogens with two attached hydrogens (primary N) is 4. The lowest BCUT2D eigenvalue weighted by atomic mass is 10.1. The molecule has 0 unspecified atom stereocenters. The zero-order valence-electron chi connectivity index (χ0n) is 18.4. The summed E-state index contributed by atoms with van der Waals surface area (Å²) < 4.78 is 0. The van der Waals surface area contributed by atoms with Crippen LogP contribution < -0.4 is 22.9 Å².